The van der Waals surface area contributed by atoms with Crippen LogP contribution < -0.4 is 10.0 Å². The first-order chi connectivity index (χ1) is 9.95. The molecule has 124 valence electrons. The molecule has 1 aliphatic rings. The molecule has 0 saturated carbocycles. The fraction of sp³-hybridized carbons (Fsp3) is 0.500. The summed E-state index contributed by atoms with van der Waals surface area (Å²) in [4.78, 5) is 11.8. The van der Waals surface area contributed by atoms with Gasteiger partial charge in [-0.2, -0.15) is 0 Å². The summed E-state index contributed by atoms with van der Waals surface area (Å²) in [6.07, 6.45) is 1.52. The molecule has 22 heavy (non-hydrogen) atoms. The molecule has 1 aromatic rings. The summed E-state index contributed by atoms with van der Waals surface area (Å²) < 4.78 is 32.4. The lowest BCUT2D eigenvalue weighted by atomic mass is 10.1. The monoisotopic (exact) mass is 348 g/mol. The lowest BCUT2D eigenvalue weighted by Crippen LogP contribution is -2.42. The molecule has 0 spiro atoms. The molecule has 0 unspecified atom stereocenters. The van der Waals surface area contributed by atoms with E-state index >= 15 is 0 Å². The van der Waals surface area contributed by atoms with Crippen molar-refractivity contribution < 1.29 is 17.9 Å². The number of halogens is 1. The van der Waals surface area contributed by atoms with Gasteiger partial charge in [-0.15, -0.1) is 12.4 Å². The smallest absolute Gasteiger partial charge is 0.338 e. The van der Waals surface area contributed by atoms with E-state index in [1.807, 2.05) is 0 Å². The first-order valence-corrected chi connectivity index (χ1v) is 8.35. The van der Waals surface area contributed by atoms with Crippen molar-refractivity contribution in [1.29, 1.82) is 0 Å². The van der Waals surface area contributed by atoms with Gasteiger partial charge in [-0.3, -0.25) is 0 Å². The van der Waals surface area contributed by atoms with Crippen molar-refractivity contribution in [3.8, 4) is 0 Å². The van der Waals surface area contributed by atoms with Crippen molar-refractivity contribution in [2.45, 2.75) is 30.7 Å². The molecule has 0 bridgehead atoms. The summed E-state index contributed by atoms with van der Waals surface area (Å²) in [5.41, 5.74) is 0.677. The van der Waals surface area contributed by atoms with Crippen molar-refractivity contribution in [3.63, 3.8) is 0 Å². The van der Waals surface area contributed by atoms with Gasteiger partial charge in [-0.25, -0.2) is 17.9 Å². The van der Waals surface area contributed by atoms with E-state index in [9.17, 15) is 13.2 Å². The Morgan fingerprint density at radius 1 is 1.32 bits per heavy atom. The molecule has 0 aliphatic carbocycles. The number of piperidine rings is 1. The minimum Gasteiger partial charge on any atom is -0.465 e. The molecule has 1 saturated heterocycles. The van der Waals surface area contributed by atoms with Gasteiger partial charge >= 0.3 is 5.97 Å². The Bertz CT molecular complexity index is 628. The van der Waals surface area contributed by atoms with E-state index in [1.54, 1.807) is 19.1 Å². The van der Waals surface area contributed by atoms with Crippen molar-refractivity contribution >= 4 is 28.4 Å². The molecule has 0 aromatic heterocycles. The average molecular weight is 349 g/mol. The zero-order valence-corrected chi connectivity index (χ0v) is 14.2. The van der Waals surface area contributed by atoms with Crippen LogP contribution in [-0.4, -0.2) is 40.6 Å². The quantitative estimate of drug-likeness (QED) is 0.799. The van der Waals surface area contributed by atoms with Gasteiger partial charge in [0.25, 0.3) is 0 Å². The molecular weight excluding hydrogens is 328 g/mol. The third-order valence-electron chi connectivity index (χ3n) is 3.64. The molecule has 0 atom stereocenters. The Morgan fingerprint density at radius 3 is 2.55 bits per heavy atom. The summed E-state index contributed by atoms with van der Waals surface area (Å²) in [6.45, 7) is 3.21. The lowest BCUT2D eigenvalue weighted by Gasteiger charge is -2.24. The van der Waals surface area contributed by atoms with Crippen LogP contribution >= 0.6 is 12.4 Å². The number of methoxy groups -OCH3 is 1. The van der Waals surface area contributed by atoms with Crippen LogP contribution in [0.25, 0.3) is 0 Å². The Hall–Kier alpha value is -1.15. The number of benzene rings is 1. The first kappa shape index (κ1) is 18.9. The second-order valence-corrected chi connectivity index (χ2v) is 6.75. The number of ether oxygens (including phenoxy) is 1. The molecular formula is C14H21ClN2O4S. The maximum Gasteiger partial charge on any atom is 0.338 e. The average Bonchev–Trinajstić information content (AvgIpc) is 2.47. The molecule has 0 amide bonds. The van der Waals surface area contributed by atoms with Gasteiger partial charge < -0.3 is 10.1 Å². The summed E-state index contributed by atoms with van der Waals surface area (Å²) in [5.74, 6) is -0.536. The Labute approximate surface area is 137 Å². The van der Waals surface area contributed by atoms with E-state index in [0.29, 0.717) is 5.56 Å². The zero-order chi connectivity index (χ0) is 15.5. The van der Waals surface area contributed by atoms with Gasteiger partial charge in [0, 0.05) is 6.04 Å². The summed E-state index contributed by atoms with van der Waals surface area (Å²) in [7, 11) is -2.37. The van der Waals surface area contributed by atoms with Gasteiger partial charge in [0.2, 0.25) is 10.0 Å². The molecule has 1 heterocycles. The molecule has 1 fully saturated rings. The number of carbonyl (C=O) groups excluding carboxylic acids is 1. The van der Waals surface area contributed by atoms with Gasteiger partial charge in [0.05, 0.1) is 17.6 Å². The minimum absolute atomic E-state index is 0. The van der Waals surface area contributed by atoms with Crippen molar-refractivity contribution in [1.82, 2.24) is 10.0 Å². The Balaban J connectivity index is 0.00000242. The molecule has 2 rings (SSSR count). The number of sulfonamides is 1. The molecule has 2 N–H and O–H groups in total. The van der Waals surface area contributed by atoms with Crippen LogP contribution in [0.1, 0.15) is 28.8 Å². The van der Waals surface area contributed by atoms with Gasteiger partial charge in [0.15, 0.2) is 0 Å². The highest BCUT2D eigenvalue weighted by Crippen LogP contribution is 2.20. The fourth-order valence-electron chi connectivity index (χ4n) is 2.46. The number of carbonyl (C=O) groups is 1. The largest absolute Gasteiger partial charge is 0.465 e. The van der Waals surface area contributed by atoms with E-state index in [2.05, 4.69) is 14.8 Å². The second kappa shape index (κ2) is 7.92. The summed E-state index contributed by atoms with van der Waals surface area (Å²) in [5, 5.41) is 3.19. The third kappa shape index (κ3) is 4.19. The van der Waals surface area contributed by atoms with Crippen molar-refractivity contribution in [3.05, 3.63) is 29.3 Å². The van der Waals surface area contributed by atoms with E-state index in [-0.39, 0.29) is 28.9 Å². The predicted molar refractivity (Wildman–Crippen MR) is 86.0 cm³/mol. The maximum atomic E-state index is 12.5. The predicted octanol–water partition coefficient (Wildman–Crippen LogP) is 1.23. The van der Waals surface area contributed by atoms with Crippen molar-refractivity contribution in [2.75, 3.05) is 20.2 Å². The van der Waals surface area contributed by atoms with Crippen LogP contribution in [0.15, 0.2) is 23.1 Å². The molecule has 1 aromatic carbocycles. The summed E-state index contributed by atoms with van der Waals surface area (Å²) in [6, 6.07) is 4.55. The highest BCUT2D eigenvalue weighted by molar-refractivity contribution is 7.89. The lowest BCUT2D eigenvalue weighted by molar-refractivity contribution is 0.0599. The number of nitrogens with one attached hydrogen (secondary N) is 2. The van der Waals surface area contributed by atoms with Gasteiger partial charge in [-0.05, 0) is 50.6 Å². The van der Waals surface area contributed by atoms with Gasteiger partial charge in [0.1, 0.15) is 0 Å². The summed E-state index contributed by atoms with van der Waals surface area (Å²) >= 11 is 0. The molecule has 0 radical (unpaired) electrons. The fourth-order valence-corrected chi connectivity index (χ4v) is 4.03. The van der Waals surface area contributed by atoms with Crippen molar-refractivity contribution in [2.24, 2.45) is 0 Å². The Kier molecular flexibility index (Phi) is 6.80. The van der Waals surface area contributed by atoms with E-state index in [1.165, 1.54) is 13.2 Å². The second-order valence-electron chi connectivity index (χ2n) is 5.07. The van der Waals surface area contributed by atoms with Crippen LogP contribution in [0.3, 0.4) is 0 Å². The van der Waals surface area contributed by atoms with Crippen LogP contribution in [0.4, 0.5) is 0 Å². The Morgan fingerprint density at radius 2 is 1.95 bits per heavy atom. The highest BCUT2D eigenvalue weighted by Gasteiger charge is 2.25. The molecule has 6 nitrogen and oxygen atoms in total. The van der Waals surface area contributed by atoms with Crippen LogP contribution in [-0.2, 0) is 14.8 Å². The topological polar surface area (TPSA) is 84.5 Å². The highest BCUT2D eigenvalue weighted by atomic mass is 35.5. The van der Waals surface area contributed by atoms with Crippen LogP contribution in [0, 0.1) is 6.92 Å². The first-order valence-electron chi connectivity index (χ1n) is 6.86. The van der Waals surface area contributed by atoms with Crippen LogP contribution in [0.5, 0.6) is 0 Å². The third-order valence-corrected chi connectivity index (χ3v) is 5.30. The standard InChI is InChI=1S/C14H20N2O4S.ClH/c1-10-12(14(17)20-2)4-3-5-13(10)21(18,19)16-11-6-8-15-9-7-11;/h3-5,11,15-16H,6-9H2,1-2H3;1H. The van der Waals surface area contributed by atoms with E-state index in [4.69, 9.17) is 0 Å². The van der Waals surface area contributed by atoms with Gasteiger partial charge in [-0.1, -0.05) is 6.07 Å². The minimum atomic E-state index is -3.64. The maximum absolute atomic E-state index is 12.5. The molecule has 1 aliphatic heterocycles. The SMILES string of the molecule is COC(=O)c1cccc(S(=O)(=O)NC2CCNCC2)c1C.Cl. The van der Waals surface area contributed by atoms with E-state index in [0.717, 1.165) is 25.9 Å². The zero-order valence-electron chi connectivity index (χ0n) is 12.6. The number of hydrogen-bond acceptors (Lipinski definition) is 5. The van der Waals surface area contributed by atoms with E-state index < -0.39 is 16.0 Å². The number of hydrogen-bond donors (Lipinski definition) is 2. The van der Waals surface area contributed by atoms with Crippen LogP contribution in [0.2, 0.25) is 0 Å². The number of rotatable bonds is 4. The normalized spacial score (nSPS) is 15.9. The number of esters is 1. The molecule has 8 heteroatoms.